The number of hydrogen-bond donors (Lipinski definition) is 4. The third-order valence-corrected chi connectivity index (χ3v) is 3.99. The molecule has 0 fully saturated rings. The predicted molar refractivity (Wildman–Crippen MR) is 118 cm³/mol. The molecule has 0 atom stereocenters. The third-order valence-electron chi connectivity index (χ3n) is 3.58. The van der Waals surface area contributed by atoms with Gasteiger partial charge in [-0.1, -0.05) is 17.7 Å². The molecule has 2 amide bonds. The molecular formula is C20H32ClN5O3. The van der Waals surface area contributed by atoms with Crippen LogP contribution in [0.2, 0.25) is 5.02 Å². The van der Waals surface area contributed by atoms with Gasteiger partial charge in [-0.15, -0.1) is 0 Å². The zero-order valence-electron chi connectivity index (χ0n) is 17.8. The number of hydrogen-bond acceptors (Lipinski definition) is 4. The normalized spacial score (nSPS) is 11.6. The van der Waals surface area contributed by atoms with Crippen LogP contribution in [-0.2, 0) is 9.53 Å². The van der Waals surface area contributed by atoms with E-state index in [1.807, 2.05) is 40.7 Å². The Morgan fingerprint density at radius 3 is 2.48 bits per heavy atom. The van der Waals surface area contributed by atoms with E-state index in [1.54, 1.807) is 12.1 Å². The van der Waals surface area contributed by atoms with Gasteiger partial charge in [0.05, 0.1) is 6.54 Å². The van der Waals surface area contributed by atoms with Gasteiger partial charge in [-0.3, -0.25) is 9.79 Å². The first kappa shape index (κ1) is 24.6. The first-order valence-corrected chi connectivity index (χ1v) is 10.0. The summed E-state index contributed by atoms with van der Waals surface area (Å²) >= 11 is 6.07. The van der Waals surface area contributed by atoms with Crippen molar-refractivity contribution >= 4 is 35.2 Å². The molecule has 162 valence electrons. The number of carbonyl (C=O) groups is 2. The molecule has 0 saturated carbocycles. The van der Waals surface area contributed by atoms with Gasteiger partial charge in [0.25, 0.3) is 0 Å². The number of anilines is 1. The number of guanidine groups is 1. The minimum absolute atomic E-state index is 0.137. The summed E-state index contributed by atoms with van der Waals surface area (Å²) in [5.74, 6) is 0.437. The van der Waals surface area contributed by atoms with Crippen LogP contribution in [0.1, 0.15) is 39.7 Å². The number of aliphatic imine (C=N–C) groups is 1. The van der Waals surface area contributed by atoms with Crippen LogP contribution < -0.4 is 21.3 Å². The summed E-state index contributed by atoms with van der Waals surface area (Å²) in [4.78, 5) is 28.1. The number of rotatable bonds is 8. The van der Waals surface area contributed by atoms with E-state index in [0.717, 1.165) is 5.56 Å². The molecule has 0 radical (unpaired) electrons. The largest absolute Gasteiger partial charge is 0.444 e. The zero-order valence-corrected chi connectivity index (χ0v) is 18.6. The van der Waals surface area contributed by atoms with Gasteiger partial charge >= 0.3 is 6.09 Å². The maximum absolute atomic E-state index is 12.1. The van der Waals surface area contributed by atoms with Gasteiger partial charge in [-0.25, -0.2) is 4.79 Å². The standard InChI is InChI=1S/C20H32ClN5O3/c1-6-22-18(24-12-13-25-19(28)29-20(3,4)5)23-11-10-17(27)26-16-9-7-8-15(21)14(16)2/h7-9H,6,10-13H2,1-5H3,(H,25,28)(H,26,27)(H2,22,23,24). The average Bonchev–Trinajstić information content (AvgIpc) is 2.61. The maximum Gasteiger partial charge on any atom is 0.407 e. The third kappa shape index (κ3) is 10.6. The maximum atomic E-state index is 12.1. The van der Waals surface area contributed by atoms with Gasteiger partial charge in [-0.2, -0.15) is 0 Å². The number of amides is 2. The highest BCUT2D eigenvalue weighted by Gasteiger charge is 2.15. The highest BCUT2D eigenvalue weighted by Crippen LogP contribution is 2.22. The quantitative estimate of drug-likeness (QED) is 0.291. The van der Waals surface area contributed by atoms with Crippen molar-refractivity contribution in [2.75, 3.05) is 31.5 Å². The molecule has 0 bridgehead atoms. The fourth-order valence-corrected chi connectivity index (χ4v) is 2.40. The lowest BCUT2D eigenvalue weighted by Gasteiger charge is -2.19. The summed E-state index contributed by atoms with van der Waals surface area (Å²) in [7, 11) is 0. The number of nitrogens with zero attached hydrogens (tertiary/aromatic N) is 1. The Bertz CT molecular complexity index is 717. The number of ether oxygens (including phenoxy) is 1. The molecular weight excluding hydrogens is 394 g/mol. The Morgan fingerprint density at radius 1 is 1.14 bits per heavy atom. The van der Waals surface area contributed by atoms with E-state index >= 15 is 0 Å². The number of halogens is 1. The highest BCUT2D eigenvalue weighted by atomic mass is 35.5. The first-order valence-electron chi connectivity index (χ1n) is 9.66. The van der Waals surface area contributed by atoms with Crippen molar-refractivity contribution in [2.24, 2.45) is 4.99 Å². The molecule has 0 unspecified atom stereocenters. The summed E-state index contributed by atoms with van der Waals surface area (Å²) in [5, 5.41) is 12.3. The molecule has 9 heteroatoms. The van der Waals surface area contributed by atoms with Gasteiger partial charge in [0, 0.05) is 36.8 Å². The Kier molecular flexibility index (Phi) is 10.3. The van der Waals surface area contributed by atoms with E-state index in [2.05, 4.69) is 26.3 Å². The van der Waals surface area contributed by atoms with Crippen molar-refractivity contribution in [3.63, 3.8) is 0 Å². The lowest BCUT2D eigenvalue weighted by Crippen LogP contribution is -2.42. The molecule has 0 spiro atoms. The van der Waals surface area contributed by atoms with Crippen LogP contribution in [0.5, 0.6) is 0 Å². The van der Waals surface area contributed by atoms with Crippen LogP contribution in [0.3, 0.4) is 0 Å². The molecule has 29 heavy (non-hydrogen) atoms. The lowest BCUT2D eigenvalue weighted by molar-refractivity contribution is -0.116. The minimum atomic E-state index is -0.530. The Hall–Kier alpha value is -2.48. The van der Waals surface area contributed by atoms with Gasteiger partial charge < -0.3 is 26.0 Å². The first-order chi connectivity index (χ1) is 13.6. The fourth-order valence-electron chi connectivity index (χ4n) is 2.23. The Balaban J connectivity index is 2.40. The van der Waals surface area contributed by atoms with Crippen LogP contribution in [0.15, 0.2) is 23.2 Å². The molecule has 8 nitrogen and oxygen atoms in total. The van der Waals surface area contributed by atoms with Gasteiger partial charge in [0.1, 0.15) is 5.60 Å². The highest BCUT2D eigenvalue weighted by molar-refractivity contribution is 6.31. The lowest BCUT2D eigenvalue weighted by atomic mass is 10.2. The van der Waals surface area contributed by atoms with Crippen molar-refractivity contribution in [1.29, 1.82) is 0 Å². The monoisotopic (exact) mass is 425 g/mol. The van der Waals surface area contributed by atoms with Gasteiger partial charge in [0.2, 0.25) is 5.91 Å². The van der Waals surface area contributed by atoms with E-state index in [0.29, 0.717) is 42.8 Å². The van der Waals surface area contributed by atoms with Crippen LogP contribution >= 0.6 is 11.6 Å². The summed E-state index contributed by atoms with van der Waals surface area (Å²) < 4.78 is 5.17. The van der Waals surface area contributed by atoms with Gasteiger partial charge in [0.15, 0.2) is 5.96 Å². The molecule has 1 aromatic rings. The van der Waals surface area contributed by atoms with Crippen molar-refractivity contribution in [2.45, 2.75) is 46.6 Å². The number of nitrogens with one attached hydrogen (secondary N) is 4. The molecule has 0 aliphatic rings. The number of alkyl carbamates (subject to hydrolysis) is 1. The fraction of sp³-hybridized carbons (Fsp3) is 0.550. The van der Waals surface area contributed by atoms with E-state index in [-0.39, 0.29) is 12.3 Å². The Morgan fingerprint density at radius 2 is 1.83 bits per heavy atom. The molecule has 0 heterocycles. The average molecular weight is 426 g/mol. The molecule has 0 aliphatic heterocycles. The summed E-state index contributed by atoms with van der Waals surface area (Å²) in [6.45, 7) is 11.1. The predicted octanol–water partition coefficient (Wildman–Crippen LogP) is 3.06. The Labute approximate surface area is 177 Å². The van der Waals surface area contributed by atoms with Crippen LogP contribution in [-0.4, -0.2) is 49.7 Å². The second-order valence-corrected chi connectivity index (χ2v) is 7.73. The summed E-state index contributed by atoms with van der Waals surface area (Å²) in [6.07, 6.45) is -0.229. The summed E-state index contributed by atoms with van der Waals surface area (Å²) in [6, 6.07) is 5.39. The number of carbonyl (C=O) groups excluding carboxylic acids is 2. The molecule has 1 rings (SSSR count). The van der Waals surface area contributed by atoms with Crippen molar-refractivity contribution in [3.05, 3.63) is 28.8 Å². The smallest absolute Gasteiger partial charge is 0.407 e. The van der Waals surface area contributed by atoms with Crippen molar-refractivity contribution in [1.82, 2.24) is 16.0 Å². The van der Waals surface area contributed by atoms with E-state index < -0.39 is 11.7 Å². The second kappa shape index (κ2) is 12.2. The molecule has 0 aliphatic carbocycles. The van der Waals surface area contributed by atoms with E-state index in [4.69, 9.17) is 16.3 Å². The summed E-state index contributed by atoms with van der Waals surface area (Å²) in [5.41, 5.74) is 1.00. The van der Waals surface area contributed by atoms with Crippen LogP contribution in [0.4, 0.5) is 10.5 Å². The minimum Gasteiger partial charge on any atom is -0.444 e. The SMILES string of the molecule is CCNC(=NCCC(=O)Nc1cccc(Cl)c1C)NCCNC(=O)OC(C)(C)C. The topological polar surface area (TPSA) is 104 Å². The van der Waals surface area contributed by atoms with Crippen LogP contribution in [0.25, 0.3) is 0 Å². The number of benzene rings is 1. The van der Waals surface area contributed by atoms with Crippen molar-refractivity contribution in [3.8, 4) is 0 Å². The molecule has 1 aromatic carbocycles. The molecule has 0 aromatic heterocycles. The molecule has 4 N–H and O–H groups in total. The van der Waals surface area contributed by atoms with E-state index in [9.17, 15) is 9.59 Å². The van der Waals surface area contributed by atoms with Crippen LogP contribution in [0, 0.1) is 6.92 Å². The second-order valence-electron chi connectivity index (χ2n) is 7.33. The van der Waals surface area contributed by atoms with Crippen molar-refractivity contribution < 1.29 is 14.3 Å². The van der Waals surface area contributed by atoms with E-state index in [1.165, 1.54) is 0 Å². The van der Waals surface area contributed by atoms with Gasteiger partial charge in [-0.05, 0) is 52.3 Å². The molecule has 0 saturated heterocycles. The zero-order chi connectivity index (χ0) is 21.9.